The molecule has 0 aromatic heterocycles. The van der Waals surface area contributed by atoms with Gasteiger partial charge in [-0.3, -0.25) is 4.79 Å². The maximum atomic E-state index is 11.1. The minimum atomic E-state index is -0.260. The van der Waals surface area contributed by atoms with Gasteiger partial charge < -0.3 is 10.5 Å². The molecule has 88 valence electrons. The van der Waals surface area contributed by atoms with Crippen LogP contribution in [0, 0.1) is 0 Å². The van der Waals surface area contributed by atoms with Gasteiger partial charge in [0.1, 0.15) is 5.75 Å². The Morgan fingerprint density at radius 1 is 1.50 bits per heavy atom. The summed E-state index contributed by atoms with van der Waals surface area (Å²) in [7, 11) is 0. The topological polar surface area (TPSA) is 52.3 Å². The second-order valence-electron chi connectivity index (χ2n) is 3.95. The van der Waals surface area contributed by atoms with Gasteiger partial charge in [0.25, 0.3) is 0 Å². The van der Waals surface area contributed by atoms with Crippen LogP contribution in [0.5, 0.6) is 5.75 Å². The lowest BCUT2D eigenvalue weighted by Crippen LogP contribution is -2.13. The second kappa shape index (κ2) is 6.16. The molecule has 1 atom stereocenters. The third-order valence-corrected chi connectivity index (χ3v) is 2.41. The first-order chi connectivity index (χ1) is 8.17. The van der Waals surface area contributed by atoms with Crippen LogP contribution in [0.1, 0.15) is 38.2 Å². The zero-order valence-electron chi connectivity index (χ0n) is 10.8. The molecule has 0 saturated carbocycles. The van der Waals surface area contributed by atoms with E-state index in [4.69, 9.17) is 6.15 Å². The van der Waals surface area contributed by atoms with Crippen LogP contribution < -0.4 is 10.5 Å². The molecule has 0 heterocycles. The maximum absolute atomic E-state index is 11.1. The number of rotatable bonds is 6. The SMILES string of the molecule is [3H]NC(=O)CC(C)c1ccc(OCCC)cc1. The van der Waals surface area contributed by atoms with Gasteiger partial charge in [-0.1, -0.05) is 26.0 Å². The van der Waals surface area contributed by atoms with E-state index in [0.717, 1.165) is 24.3 Å². The average Bonchev–Trinajstić information content (AvgIpc) is 2.36. The summed E-state index contributed by atoms with van der Waals surface area (Å²) >= 11 is 0. The van der Waals surface area contributed by atoms with Gasteiger partial charge in [0, 0.05) is 6.42 Å². The normalized spacial score (nSPS) is 12.8. The molecule has 0 bridgehead atoms. The van der Waals surface area contributed by atoms with Gasteiger partial charge in [0.05, 0.1) is 6.61 Å². The zero-order valence-corrected chi connectivity index (χ0v) is 9.82. The fourth-order valence-electron chi connectivity index (χ4n) is 1.51. The molecular weight excluding hydrogens is 202 g/mol. The number of carbonyl (C=O) groups is 1. The van der Waals surface area contributed by atoms with Crippen LogP contribution >= 0.6 is 0 Å². The smallest absolute Gasteiger partial charge is 0.218 e. The lowest BCUT2D eigenvalue weighted by Gasteiger charge is -2.10. The molecule has 1 aromatic rings. The predicted molar refractivity (Wildman–Crippen MR) is 64.5 cm³/mol. The number of carbonyl (C=O) groups excluding carboxylic acids is 1. The Labute approximate surface area is 98.1 Å². The first-order valence-corrected chi connectivity index (χ1v) is 5.60. The Morgan fingerprint density at radius 2 is 2.19 bits per heavy atom. The van der Waals surface area contributed by atoms with Crippen molar-refractivity contribution in [2.45, 2.75) is 32.6 Å². The van der Waals surface area contributed by atoms with E-state index in [9.17, 15) is 4.79 Å². The molecule has 16 heavy (non-hydrogen) atoms. The highest BCUT2D eigenvalue weighted by Gasteiger charge is 2.08. The molecule has 0 fully saturated rings. The first kappa shape index (κ1) is 11.0. The third kappa shape index (κ3) is 3.93. The van der Waals surface area contributed by atoms with Crippen molar-refractivity contribution in [2.75, 3.05) is 6.61 Å². The van der Waals surface area contributed by atoms with Crippen molar-refractivity contribution in [2.24, 2.45) is 5.73 Å². The van der Waals surface area contributed by atoms with Gasteiger partial charge in [-0.15, -0.1) is 0 Å². The summed E-state index contributed by atoms with van der Waals surface area (Å²) in [4.78, 5) is 11.1. The van der Waals surface area contributed by atoms with E-state index in [2.05, 4.69) is 6.92 Å². The summed E-state index contributed by atoms with van der Waals surface area (Å²) in [6.07, 6.45) is 1.32. The van der Waals surface area contributed by atoms with E-state index in [-0.39, 0.29) is 11.8 Å². The van der Waals surface area contributed by atoms with Gasteiger partial charge in [0.15, 0.2) is 1.41 Å². The highest BCUT2D eigenvalue weighted by atomic mass is 16.5. The Balaban J connectivity index is 2.57. The maximum Gasteiger partial charge on any atom is 0.218 e. The van der Waals surface area contributed by atoms with Crippen LogP contribution in [0.3, 0.4) is 0 Å². The average molecular weight is 223 g/mol. The molecule has 1 rings (SSSR count). The second-order valence-corrected chi connectivity index (χ2v) is 3.95. The number of ether oxygens (including phenoxy) is 1. The monoisotopic (exact) mass is 223 g/mol. The van der Waals surface area contributed by atoms with Crippen molar-refractivity contribution in [1.82, 2.24) is 0 Å². The molecule has 0 spiro atoms. The molecular formula is C13H19NO2. The highest BCUT2D eigenvalue weighted by Crippen LogP contribution is 2.21. The zero-order chi connectivity index (χ0) is 12.7. The van der Waals surface area contributed by atoms with E-state index >= 15 is 0 Å². The lowest BCUT2D eigenvalue weighted by atomic mass is 9.97. The molecule has 3 heteroatoms. The minimum Gasteiger partial charge on any atom is -0.494 e. The van der Waals surface area contributed by atoms with Crippen LogP contribution in [-0.4, -0.2) is 12.5 Å². The molecule has 3 nitrogen and oxygen atoms in total. The van der Waals surface area contributed by atoms with Crippen LogP contribution in [0.2, 0.25) is 1.41 Å². The number of benzene rings is 1. The Hall–Kier alpha value is -1.51. The number of hydrogen-bond acceptors (Lipinski definition) is 2. The molecule has 1 amide bonds. The summed E-state index contributed by atoms with van der Waals surface area (Å²) in [6.45, 7) is 4.75. The van der Waals surface area contributed by atoms with Crippen LogP contribution in [0.25, 0.3) is 0 Å². The molecule has 1 unspecified atom stereocenters. The van der Waals surface area contributed by atoms with E-state index in [1.165, 1.54) is 0 Å². The molecule has 0 aliphatic rings. The van der Waals surface area contributed by atoms with Gasteiger partial charge in [-0.05, 0) is 30.0 Å². The van der Waals surface area contributed by atoms with E-state index in [1.807, 2.05) is 36.9 Å². The molecule has 0 aliphatic heterocycles. The summed E-state index contributed by atoms with van der Waals surface area (Å²) in [5, 5.41) is 0. The van der Waals surface area contributed by atoms with Crippen molar-refractivity contribution >= 4 is 5.91 Å². The van der Waals surface area contributed by atoms with Gasteiger partial charge in [-0.2, -0.15) is 0 Å². The first-order valence-electron chi connectivity index (χ1n) is 6.10. The molecule has 2 N–H and O–H groups in total. The summed E-state index contributed by atoms with van der Waals surface area (Å²) < 4.78 is 12.2. The molecule has 0 aliphatic carbocycles. The number of nitrogens with two attached hydrogens (primary N) is 1. The summed E-state index contributed by atoms with van der Waals surface area (Å²) in [5.41, 5.74) is 2.97. The van der Waals surface area contributed by atoms with Gasteiger partial charge >= 0.3 is 0 Å². The molecule has 1 aromatic carbocycles. The van der Waals surface area contributed by atoms with Crippen molar-refractivity contribution in [3.63, 3.8) is 0 Å². The third-order valence-electron chi connectivity index (χ3n) is 2.41. The van der Waals surface area contributed by atoms with Crippen LogP contribution in [0.15, 0.2) is 24.3 Å². The standard InChI is InChI=1S/C13H19NO2/c1-3-8-16-12-6-4-11(5-7-12)10(2)9-13(14)15/h4-7,10H,3,8-9H2,1-2H3,(H2,14,15)/i/hT. The molecule has 0 radical (unpaired) electrons. The number of primary amides is 1. The van der Waals surface area contributed by atoms with Crippen LogP contribution in [-0.2, 0) is 4.79 Å². The predicted octanol–water partition coefficient (Wildman–Crippen LogP) is 2.45. The van der Waals surface area contributed by atoms with Crippen LogP contribution in [0.4, 0.5) is 0 Å². The van der Waals surface area contributed by atoms with Crippen molar-refractivity contribution in [1.29, 1.82) is 0 Å². The Kier molecular flexibility index (Phi) is 4.23. The van der Waals surface area contributed by atoms with Gasteiger partial charge in [-0.25, -0.2) is 0 Å². The fraction of sp³-hybridized carbons (Fsp3) is 0.462. The number of hydrogen-bond donors (Lipinski definition) is 1. The van der Waals surface area contributed by atoms with E-state index < -0.39 is 0 Å². The largest absolute Gasteiger partial charge is 0.494 e. The van der Waals surface area contributed by atoms with Crippen molar-refractivity contribution < 1.29 is 10.9 Å². The summed E-state index contributed by atoms with van der Waals surface area (Å²) in [6, 6.07) is 7.76. The van der Waals surface area contributed by atoms with Gasteiger partial charge in [0.2, 0.25) is 5.91 Å². The lowest BCUT2D eigenvalue weighted by molar-refractivity contribution is -0.118. The van der Waals surface area contributed by atoms with E-state index in [1.54, 1.807) is 0 Å². The Morgan fingerprint density at radius 3 is 2.75 bits per heavy atom. The minimum absolute atomic E-state index is 0.112. The fourth-order valence-corrected chi connectivity index (χ4v) is 1.51. The Bertz CT molecular complexity index is 351. The van der Waals surface area contributed by atoms with Crippen molar-refractivity contribution in [3.8, 4) is 5.75 Å². The highest BCUT2D eigenvalue weighted by molar-refractivity contribution is 5.74. The quantitative estimate of drug-likeness (QED) is 0.805. The summed E-state index contributed by atoms with van der Waals surface area (Å²) in [5.74, 6) is 0.706. The van der Waals surface area contributed by atoms with E-state index in [0.29, 0.717) is 6.42 Å². The van der Waals surface area contributed by atoms with Crippen molar-refractivity contribution in [3.05, 3.63) is 29.8 Å². The molecule has 0 saturated heterocycles. The number of amides is 1.